The molecular weight excluding hydrogens is 534 g/mol. The van der Waals surface area contributed by atoms with E-state index in [1.165, 1.54) is 30.5 Å². The van der Waals surface area contributed by atoms with Crippen LogP contribution in [0.3, 0.4) is 0 Å². The second-order valence-electron chi connectivity index (χ2n) is 8.35. The third-order valence-corrected chi connectivity index (χ3v) is 5.26. The average Bonchev–Trinajstić information content (AvgIpc) is 2.83. The minimum Gasteiger partial charge on any atom is -0.274 e. The molecule has 0 amide bonds. The van der Waals surface area contributed by atoms with Gasteiger partial charge in [-0.25, -0.2) is 9.59 Å². The smallest absolute Gasteiger partial charge is 0.274 e. The molecule has 0 saturated heterocycles. The maximum atomic E-state index is 12.7. The van der Waals surface area contributed by atoms with Crippen molar-refractivity contribution in [3.05, 3.63) is 126 Å². The van der Waals surface area contributed by atoms with E-state index in [4.69, 9.17) is 0 Å². The second kappa shape index (κ2) is 11.0. The summed E-state index contributed by atoms with van der Waals surface area (Å²) in [6.07, 6.45) is -6.68. The van der Waals surface area contributed by atoms with Crippen molar-refractivity contribution in [3.8, 4) is 11.4 Å². The number of nitrogens with one attached hydrogen (secondary N) is 1. The van der Waals surface area contributed by atoms with Crippen molar-refractivity contribution >= 4 is 0 Å². The largest absolute Gasteiger partial charge is 0.416 e. The Labute approximate surface area is 215 Å². The van der Waals surface area contributed by atoms with E-state index in [1.807, 2.05) is 4.98 Å². The van der Waals surface area contributed by atoms with E-state index in [0.717, 1.165) is 56.3 Å². The lowest BCUT2D eigenvalue weighted by molar-refractivity contribution is -0.138. The van der Waals surface area contributed by atoms with Crippen LogP contribution in [-0.2, 0) is 12.4 Å². The van der Waals surface area contributed by atoms with E-state index >= 15 is 0 Å². The molecular formula is C25H20F6N4O4. The van der Waals surface area contributed by atoms with Crippen molar-refractivity contribution < 1.29 is 26.3 Å². The second-order valence-corrected chi connectivity index (χ2v) is 8.35. The Bertz CT molecular complexity index is 1710. The number of hydrogen-bond acceptors (Lipinski definition) is 4. The lowest BCUT2D eigenvalue weighted by atomic mass is 10.2. The molecule has 2 aromatic carbocycles. The highest BCUT2D eigenvalue weighted by Crippen LogP contribution is 2.31. The Balaban J connectivity index is 0.000000218. The van der Waals surface area contributed by atoms with Gasteiger partial charge >= 0.3 is 23.7 Å². The molecule has 0 aliphatic heterocycles. The van der Waals surface area contributed by atoms with E-state index in [1.54, 1.807) is 13.8 Å². The number of H-pyrrole nitrogens is 1. The van der Waals surface area contributed by atoms with E-state index < -0.39 is 46.0 Å². The lowest BCUT2D eigenvalue weighted by Gasteiger charge is -2.13. The fraction of sp³-hybridized carbons (Fsp3) is 0.200. The molecule has 8 nitrogen and oxygen atoms in total. The molecule has 4 aromatic rings. The molecule has 2 aromatic heterocycles. The van der Waals surface area contributed by atoms with Crippen molar-refractivity contribution in [1.82, 2.24) is 18.7 Å². The highest BCUT2D eigenvalue weighted by atomic mass is 19.4. The zero-order valence-corrected chi connectivity index (χ0v) is 20.2. The number of rotatable bonds is 3. The van der Waals surface area contributed by atoms with E-state index in [-0.39, 0.29) is 17.4 Å². The van der Waals surface area contributed by atoms with Gasteiger partial charge in [0, 0.05) is 30.6 Å². The Morgan fingerprint density at radius 1 is 0.692 bits per heavy atom. The molecule has 0 atom stereocenters. The highest BCUT2D eigenvalue weighted by Gasteiger charge is 2.31. The van der Waals surface area contributed by atoms with Gasteiger partial charge in [-0.2, -0.15) is 26.3 Å². The van der Waals surface area contributed by atoms with Crippen LogP contribution in [0.2, 0.25) is 0 Å². The van der Waals surface area contributed by atoms with Crippen LogP contribution in [0, 0.1) is 0 Å². The SMILES string of the molecule is CC(C)n1c(=O)ccn(-c2cccc(C(F)(F)F)c2)c1=O.O=c1ccn(-c2cccc(C(F)(F)F)c2)c(=O)[nH]1. The molecule has 0 saturated carbocycles. The van der Waals surface area contributed by atoms with E-state index in [0.29, 0.717) is 0 Å². The molecule has 0 fully saturated rings. The van der Waals surface area contributed by atoms with Crippen LogP contribution < -0.4 is 22.5 Å². The third kappa shape index (κ3) is 6.83. The number of halogens is 6. The van der Waals surface area contributed by atoms with Gasteiger partial charge in [0.05, 0.1) is 22.5 Å². The molecule has 0 aliphatic carbocycles. The molecule has 0 spiro atoms. The summed E-state index contributed by atoms with van der Waals surface area (Å²) in [5, 5.41) is 0. The summed E-state index contributed by atoms with van der Waals surface area (Å²) in [4.78, 5) is 48.1. The number of hydrogen-bond donors (Lipinski definition) is 1. The normalized spacial score (nSPS) is 11.7. The van der Waals surface area contributed by atoms with Gasteiger partial charge in [0.25, 0.3) is 11.1 Å². The maximum Gasteiger partial charge on any atom is 0.416 e. The first kappa shape index (κ1) is 28.9. The summed E-state index contributed by atoms with van der Waals surface area (Å²) < 4.78 is 78.6. The van der Waals surface area contributed by atoms with Crippen LogP contribution >= 0.6 is 0 Å². The van der Waals surface area contributed by atoms with E-state index in [2.05, 4.69) is 0 Å². The monoisotopic (exact) mass is 554 g/mol. The van der Waals surface area contributed by atoms with Crippen LogP contribution in [0.25, 0.3) is 11.4 Å². The highest BCUT2D eigenvalue weighted by molar-refractivity contribution is 5.38. The molecule has 14 heteroatoms. The summed E-state index contributed by atoms with van der Waals surface area (Å²) in [7, 11) is 0. The molecule has 1 N–H and O–H groups in total. The molecule has 2 heterocycles. The van der Waals surface area contributed by atoms with Crippen molar-refractivity contribution in [2.75, 3.05) is 0 Å². The predicted molar refractivity (Wildman–Crippen MR) is 129 cm³/mol. The molecule has 206 valence electrons. The standard InChI is InChI=1S/C14H13F3N2O2.C11H7F3N2O2/c1-9(2)19-12(20)6-7-18(13(19)21)11-5-3-4-10(8-11)14(15,16)17;12-11(13,14)7-2-1-3-8(6-7)16-5-4-9(17)15-10(16)18/h3-9H,1-2H3;1-6H,(H,15,17,18). The number of aromatic nitrogens is 4. The summed E-state index contributed by atoms with van der Waals surface area (Å²) in [5.41, 5.74) is -4.18. The lowest BCUT2D eigenvalue weighted by Crippen LogP contribution is -2.39. The fourth-order valence-electron chi connectivity index (χ4n) is 3.45. The molecule has 0 radical (unpaired) electrons. The topological polar surface area (TPSA) is 98.9 Å². The van der Waals surface area contributed by atoms with Gasteiger partial charge in [-0.05, 0) is 50.2 Å². The Morgan fingerprint density at radius 3 is 1.64 bits per heavy atom. The summed E-state index contributed by atoms with van der Waals surface area (Å²) in [5.74, 6) is 0. The molecule has 39 heavy (non-hydrogen) atoms. The zero-order valence-electron chi connectivity index (χ0n) is 20.2. The number of alkyl halides is 6. The third-order valence-electron chi connectivity index (χ3n) is 5.26. The first-order valence-electron chi connectivity index (χ1n) is 11.1. The van der Waals surface area contributed by atoms with Crippen LogP contribution in [0.5, 0.6) is 0 Å². The molecule has 0 aliphatic rings. The summed E-state index contributed by atoms with van der Waals surface area (Å²) in [6.45, 7) is 3.30. The Hall–Kier alpha value is -4.62. The number of aromatic amines is 1. The predicted octanol–water partition coefficient (Wildman–Crippen LogP) is 4.14. The van der Waals surface area contributed by atoms with Gasteiger partial charge in [-0.1, -0.05) is 12.1 Å². The minimum atomic E-state index is -4.49. The Morgan fingerprint density at radius 2 is 1.18 bits per heavy atom. The van der Waals surface area contributed by atoms with Gasteiger partial charge in [0.1, 0.15) is 0 Å². The van der Waals surface area contributed by atoms with E-state index in [9.17, 15) is 45.5 Å². The summed E-state index contributed by atoms with van der Waals surface area (Å²) >= 11 is 0. The fourth-order valence-corrected chi connectivity index (χ4v) is 3.45. The van der Waals surface area contributed by atoms with Crippen molar-refractivity contribution in [2.24, 2.45) is 0 Å². The van der Waals surface area contributed by atoms with Crippen molar-refractivity contribution in [3.63, 3.8) is 0 Å². The first-order valence-corrected chi connectivity index (χ1v) is 11.1. The number of nitrogens with zero attached hydrogens (tertiary/aromatic N) is 3. The van der Waals surface area contributed by atoms with Crippen LogP contribution in [0.1, 0.15) is 31.0 Å². The van der Waals surface area contributed by atoms with Crippen LogP contribution in [0.15, 0.2) is 92.2 Å². The van der Waals surface area contributed by atoms with Crippen LogP contribution in [0.4, 0.5) is 26.3 Å². The first-order chi connectivity index (χ1) is 18.1. The van der Waals surface area contributed by atoms with Gasteiger partial charge in [-0.3, -0.25) is 28.3 Å². The average molecular weight is 554 g/mol. The van der Waals surface area contributed by atoms with Crippen LogP contribution in [-0.4, -0.2) is 18.7 Å². The number of benzene rings is 2. The van der Waals surface area contributed by atoms with Crippen molar-refractivity contribution in [1.29, 1.82) is 0 Å². The maximum absolute atomic E-state index is 12.7. The molecule has 4 rings (SSSR count). The Kier molecular flexibility index (Phi) is 8.17. The summed E-state index contributed by atoms with van der Waals surface area (Å²) in [6, 6.07) is 10.5. The molecule has 0 unspecified atom stereocenters. The molecule has 0 bridgehead atoms. The van der Waals surface area contributed by atoms with Crippen molar-refractivity contribution in [2.45, 2.75) is 32.2 Å². The van der Waals surface area contributed by atoms with Gasteiger partial charge in [-0.15, -0.1) is 0 Å². The van der Waals surface area contributed by atoms with Gasteiger partial charge in [0.2, 0.25) is 0 Å². The zero-order chi connectivity index (χ0) is 29.1. The minimum absolute atomic E-state index is 0.0334. The quantitative estimate of drug-likeness (QED) is 0.385. The van der Waals surface area contributed by atoms with Gasteiger partial charge in [0.15, 0.2) is 0 Å². The van der Waals surface area contributed by atoms with Gasteiger partial charge < -0.3 is 0 Å².